The fourth-order valence-corrected chi connectivity index (χ4v) is 3.87. The Morgan fingerprint density at radius 2 is 1.64 bits per heavy atom. The summed E-state index contributed by atoms with van der Waals surface area (Å²) >= 11 is 9.61. The number of likely N-dealkylation sites (N-methyl/N-ethyl adjacent to an activating group) is 1. The van der Waals surface area contributed by atoms with E-state index in [0.29, 0.717) is 23.7 Å². The predicted molar refractivity (Wildman–Crippen MR) is 134 cm³/mol. The first-order valence-corrected chi connectivity index (χ1v) is 11.9. The monoisotopic (exact) mass is 528 g/mol. The first-order chi connectivity index (χ1) is 16.0. The van der Waals surface area contributed by atoms with Crippen LogP contribution < -0.4 is 10.1 Å². The van der Waals surface area contributed by atoms with Crippen LogP contribution in [0.1, 0.15) is 18.1 Å². The van der Waals surface area contributed by atoms with Crippen LogP contribution in [0.15, 0.2) is 83.3 Å². The van der Waals surface area contributed by atoms with Gasteiger partial charge in [-0.2, -0.15) is 0 Å². The van der Waals surface area contributed by atoms with Gasteiger partial charge in [-0.15, -0.1) is 0 Å². The first kappa shape index (κ1) is 24.8. The highest BCUT2D eigenvalue weighted by Crippen LogP contribution is 2.23. The third-order valence-electron chi connectivity index (χ3n) is 5.08. The zero-order chi connectivity index (χ0) is 23.6. The number of nitrogens with zero attached hydrogens (tertiary/aromatic N) is 1. The molecule has 0 bridgehead atoms. The summed E-state index contributed by atoms with van der Waals surface area (Å²) in [5.74, 6) is -0.0803. The van der Waals surface area contributed by atoms with Crippen molar-refractivity contribution >= 4 is 39.3 Å². The van der Waals surface area contributed by atoms with Crippen LogP contribution in [0.2, 0.25) is 5.02 Å². The van der Waals surface area contributed by atoms with Crippen molar-refractivity contribution in [1.29, 1.82) is 0 Å². The van der Waals surface area contributed by atoms with Crippen LogP contribution in [0.25, 0.3) is 0 Å². The SMILES string of the molecule is CCNC(=O)C(Cc1ccccc1)N(Cc1ccc(Br)cc1)C(=O)COc1ccccc1Cl. The minimum Gasteiger partial charge on any atom is -0.482 e. The molecule has 172 valence electrons. The van der Waals surface area contributed by atoms with Gasteiger partial charge in [-0.1, -0.05) is 82.1 Å². The second-order valence-corrected chi connectivity index (χ2v) is 8.79. The summed E-state index contributed by atoms with van der Waals surface area (Å²) in [6.45, 7) is 2.37. The minimum atomic E-state index is -0.696. The molecule has 0 aliphatic carbocycles. The molecule has 0 heterocycles. The van der Waals surface area contributed by atoms with Gasteiger partial charge in [0.1, 0.15) is 11.8 Å². The summed E-state index contributed by atoms with van der Waals surface area (Å²) in [7, 11) is 0. The van der Waals surface area contributed by atoms with Crippen molar-refractivity contribution in [1.82, 2.24) is 10.2 Å². The van der Waals surface area contributed by atoms with Gasteiger partial charge < -0.3 is 15.0 Å². The van der Waals surface area contributed by atoms with Crippen molar-refractivity contribution in [3.8, 4) is 5.75 Å². The number of ether oxygens (including phenoxy) is 1. The highest BCUT2D eigenvalue weighted by Gasteiger charge is 2.30. The third-order valence-corrected chi connectivity index (χ3v) is 5.92. The molecule has 1 unspecified atom stereocenters. The van der Waals surface area contributed by atoms with E-state index in [1.54, 1.807) is 29.2 Å². The lowest BCUT2D eigenvalue weighted by Gasteiger charge is -2.31. The van der Waals surface area contributed by atoms with E-state index in [0.717, 1.165) is 15.6 Å². The van der Waals surface area contributed by atoms with E-state index in [9.17, 15) is 9.59 Å². The molecule has 33 heavy (non-hydrogen) atoms. The quantitative estimate of drug-likeness (QED) is 0.390. The molecule has 3 rings (SSSR count). The maximum absolute atomic E-state index is 13.4. The second-order valence-electron chi connectivity index (χ2n) is 7.47. The number of nitrogens with one attached hydrogen (secondary N) is 1. The number of halogens is 2. The molecular weight excluding hydrogens is 504 g/mol. The number of carbonyl (C=O) groups excluding carboxylic acids is 2. The smallest absolute Gasteiger partial charge is 0.261 e. The molecule has 0 spiro atoms. The number of amides is 2. The highest BCUT2D eigenvalue weighted by atomic mass is 79.9. The van der Waals surface area contributed by atoms with E-state index in [1.165, 1.54) is 0 Å². The van der Waals surface area contributed by atoms with E-state index in [2.05, 4.69) is 21.2 Å². The summed E-state index contributed by atoms with van der Waals surface area (Å²) in [5, 5.41) is 3.30. The maximum atomic E-state index is 13.4. The number of hydrogen-bond acceptors (Lipinski definition) is 3. The summed E-state index contributed by atoms with van der Waals surface area (Å²) < 4.78 is 6.65. The molecule has 7 heteroatoms. The number of hydrogen-bond donors (Lipinski definition) is 1. The largest absolute Gasteiger partial charge is 0.482 e. The average Bonchev–Trinajstić information content (AvgIpc) is 2.82. The molecule has 0 aromatic heterocycles. The lowest BCUT2D eigenvalue weighted by atomic mass is 10.0. The number of rotatable bonds is 10. The summed E-state index contributed by atoms with van der Waals surface area (Å²) in [5.41, 5.74) is 1.88. The first-order valence-electron chi connectivity index (χ1n) is 10.7. The number of benzene rings is 3. The van der Waals surface area contributed by atoms with Gasteiger partial charge in [0.2, 0.25) is 5.91 Å². The Morgan fingerprint density at radius 3 is 2.30 bits per heavy atom. The summed E-state index contributed by atoms with van der Waals surface area (Å²) in [6.07, 6.45) is 0.390. The van der Waals surface area contributed by atoms with Crippen molar-refractivity contribution < 1.29 is 14.3 Å². The number of para-hydroxylation sites is 1. The van der Waals surface area contributed by atoms with Gasteiger partial charge >= 0.3 is 0 Å². The third kappa shape index (κ3) is 7.34. The fourth-order valence-electron chi connectivity index (χ4n) is 3.42. The average molecular weight is 530 g/mol. The van der Waals surface area contributed by atoms with Gasteiger partial charge in [0.05, 0.1) is 5.02 Å². The topological polar surface area (TPSA) is 58.6 Å². The second kappa shape index (κ2) is 12.4. The molecule has 5 nitrogen and oxygen atoms in total. The van der Waals surface area contributed by atoms with Crippen LogP contribution >= 0.6 is 27.5 Å². The van der Waals surface area contributed by atoms with Gasteiger partial charge in [-0.3, -0.25) is 9.59 Å². The Hall–Kier alpha value is -2.83. The van der Waals surface area contributed by atoms with Gasteiger partial charge in [0.25, 0.3) is 5.91 Å². The molecule has 0 saturated heterocycles. The molecule has 2 amide bonds. The van der Waals surface area contributed by atoms with Crippen LogP contribution in [0, 0.1) is 0 Å². The van der Waals surface area contributed by atoms with Gasteiger partial charge in [-0.25, -0.2) is 0 Å². The van der Waals surface area contributed by atoms with E-state index >= 15 is 0 Å². The van der Waals surface area contributed by atoms with Crippen LogP contribution in [-0.4, -0.2) is 35.9 Å². The zero-order valence-electron chi connectivity index (χ0n) is 18.3. The Balaban J connectivity index is 1.89. The normalized spacial score (nSPS) is 11.5. The van der Waals surface area contributed by atoms with Gasteiger partial charge in [-0.05, 0) is 42.3 Å². The molecule has 1 atom stereocenters. The molecule has 0 aliphatic heterocycles. The van der Waals surface area contributed by atoms with Crippen LogP contribution in [0.3, 0.4) is 0 Å². The summed E-state index contributed by atoms with van der Waals surface area (Å²) in [6, 6.07) is 23.7. The summed E-state index contributed by atoms with van der Waals surface area (Å²) in [4.78, 5) is 28.1. The molecular formula is C26H26BrClN2O3. The molecule has 0 fully saturated rings. The molecule has 3 aromatic rings. The zero-order valence-corrected chi connectivity index (χ0v) is 20.7. The molecule has 3 aromatic carbocycles. The van der Waals surface area contributed by atoms with E-state index in [-0.39, 0.29) is 25.0 Å². The van der Waals surface area contributed by atoms with Crippen LogP contribution in [-0.2, 0) is 22.6 Å². The molecule has 1 N–H and O–H groups in total. The highest BCUT2D eigenvalue weighted by molar-refractivity contribution is 9.10. The standard InChI is InChI=1S/C26H26BrClN2O3/c1-2-29-26(32)23(16-19-8-4-3-5-9-19)30(17-20-12-14-21(27)15-13-20)25(31)18-33-24-11-7-6-10-22(24)28/h3-15,23H,2,16-18H2,1H3,(H,29,32). The lowest BCUT2D eigenvalue weighted by molar-refractivity contribution is -0.142. The molecule has 0 aliphatic rings. The Bertz CT molecular complexity index is 1060. The Labute approximate surface area is 207 Å². The van der Waals surface area contributed by atoms with Crippen molar-refractivity contribution in [3.63, 3.8) is 0 Å². The Morgan fingerprint density at radius 1 is 0.970 bits per heavy atom. The Kier molecular flexibility index (Phi) is 9.34. The predicted octanol–water partition coefficient (Wildman–Crippen LogP) is 5.26. The fraction of sp³-hybridized carbons (Fsp3) is 0.231. The van der Waals surface area contributed by atoms with Crippen LogP contribution in [0.4, 0.5) is 0 Å². The lowest BCUT2D eigenvalue weighted by Crippen LogP contribution is -2.51. The van der Waals surface area contributed by atoms with E-state index < -0.39 is 6.04 Å². The molecule has 0 saturated carbocycles. The van der Waals surface area contributed by atoms with Crippen molar-refractivity contribution in [2.24, 2.45) is 0 Å². The van der Waals surface area contributed by atoms with Crippen molar-refractivity contribution in [2.45, 2.75) is 25.9 Å². The van der Waals surface area contributed by atoms with Crippen LogP contribution in [0.5, 0.6) is 5.75 Å². The number of carbonyl (C=O) groups is 2. The minimum absolute atomic E-state index is 0.204. The van der Waals surface area contributed by atoms with Crippen molar-refractivity contribution in [2.75, 3.05) is 13.2 Å². The molecule has 0 radical (unpaired) electrons. The van der Waals surface area contributed by atoms with E-state index in [1.807, 2.05) is 61.5 Å². The van der Waals surface area contributed by atoms with Gasteiger partial charge in [0.15, 0.2) is 6.61 Å². The maximum Gasteiger partial charge on any atom is 0.261 e. The van der Waals surface area contributed by atoms with E-state index in [4.69, 9.17) is 16.3 Å². The van der Waals surface area contributed by atoms with Gasteiger partial charge in [0, 0.05) is 24.0 Å². The van der Waals surface area contributed by atoms with Crippen molar-refractivity contribution in [3.05, 3.63) is 99.5 Å².